The minimum atomic E-state index is -0.413. The third-order valence-electron chi connectivity index (χ3n) is 3.37. The first-order valence-electron chi connectivity index (χ1n) is 6.22. The molecule has 0 unspecified atom stereocenters. The van der Waals surface area contributed by atoms with Gasteiger partial charge in [0.2, 0.25) is 0 Å². The van der Waals surface area contributed by atoms with E-state index in [1.807, 2.05) is 12.1 Å². The van der Waals surface area contributed by atoms with Gasteiger partial charge in [0, 0.05) is 6.08 Å². The van der Waals surface area contributed by atoms with Crippen LogP contribution in [0.1, 0.15) is 43.2 Å². The number of nitrogens with two attached hydrogens (primary N) is 1. The van der Waals surface area contributed by atoms with E-state index in [-0.39, 0.29) is 12.4 Å². The third kappa shape index (κ3) is 3.13. The largest absolute Gasteiger partial charge is 0.450 e. The van der Waals surface area contributed by atoms with Crippen LogP contribution in [0.2, 0.25) is 0 Å². The predicted molar refractivity (Wildman–Crippen MR) is 81.2 cm³/mol. The zero-order chi connectivity index (χ0) is 13.3. The van der Waals surface area contributed by atoms with Gasteiger partial charge in [-0.2, -0.15) is 4.98 Å². The van der Waals surface area contributed by atoms with Gasteiger partial charge in [0.05, 0.1) is 5.54 Å². The fourth-order valence-corrected chi connectivity index (χ4v) is 2.62. The Balaban J connectivity index is 0.00000147. The van der Waals surface area contributed by atoms with E-state index >= 15 is 0 Å². The first-order chi connectivity index (χ1) is 9.16. The lowest BCUT2D eigenvalue weighted by atomic mass is 9.99. The van der Waals surface area contributed by atoms with E-state index in [1.54, 1.807) is 12.2 Å². The Hall–Kier alpha value is -1.11. The number of aromatic nitrogens is 2. The molecule has 2 heterocycles. The summed E-state index contributed by atoms with van der Waals surface area (Å²) in [4.78, 5) is 4.34. The van der Waals surface area contributed by atoms with Crippen LogP contribution < -0.4 is 5.73 Å². The normalized spacial score (nSPS) is 17.5. The lowest BCUT2D eigenvalue weighted by Crippen LogP contribution is -2.34. The van der Waals surface area contributed by atoms with E-state index in [0.717, 1.165) is 31.4 Å². The molecule has 1 aliphatic carbocycles. The van der Waals surface area contributed by atoms with Gasteiger partial charge in [0.15, 0.2) is 10.5 Å². The average molecular weight is 361 g/mol. The maximum absolute atomic E-state index is 6.27. The monoisotopic (exact) mass is 359 g/mol. The van der Waals surface area contributed by atoms with Crippen molar-refractivity contribution in [1.82, 2.24) is 10.1 Å². The first kappa shape index (κ1) is 15.3. The second-order valence-corrected chi connectivity index (χ2v) is 5.58. The van der Waals surface area contributed by atoms with Crippen LogP contribution in [0.5, 0.6) is 0 Å². The highest BCUT2D eigenvalue weighted by Crippen LogP contribution is 2.34. The topological polar surface area (TPSA) is 78.1 Å². The second kappa shape index (κ2) is 6.11. The zero-order valence-corrected chi connectivity index (χ0v) is 13.1. The molecule has 108 valence electrons. The van der Waals surface area contributed by atoms with Crippen molar-refractivity contribution in [2.45, 2.75) is 31.2 Å². The highest BCUT2D eigenvalue weighted by atomic mass is 79.9. The second-order valence-electron chi connectivity index (χ2n) is 4.79. The van der Waals surface area contributed by atoms with Gasteiger partial charge >= 0.3 is 0 Å². The summed E-state index contributed by atoms with van der Waals surface area (Å²) in [6.45, 7) is 0. The smallest absolute Gasteiger partial charge is 0.250 e. The van der Waals surface area contributed by atoms with Gasteiger partial charge in [0.25, 0.3) is 5.89 Å². The molecule has 7 heteroatoms. The summed E-state index contributed by atoms with van der Waals surface area (Å²) in [6, 6.07) is 3.67. The quantitative estimate of drug-likeness (QED) is 0.902. The molecule has 1 fully saturated rings. The lowest BCUT2D eigenvalue weighted by Gasteiger charge is -2.17. The van der Waals surface area contributed by atoms with Gasteiger partial charge in [-0.25, -0.2) is 0 Å². The van der Waals surface area contributed by atoms with E-state index in [1.165, 1.54) is 0 Å². The maximum Gasteiger partial charge on any atom is 0.250 e. The summed E-state index contributed by atoms with van der Waals surface area (Å²) in [6.07, 6.45) is 7.58. The summed E-state index contributed by atoms with van der Waals surface area (Å²) in [5, 5.41) is 3.99. The minimum absolute atomic E-state index is 0. The van der Waals surface area contributed by atoms with Crippen molar-refractivity contribution < 1.29 is 8.94 Å². The van der Waals surface area contributed by atoms with Crippen molar-refractivity contribution in [3.63, 3.8) is 0 Å². The molecule has 2 aromatic rings. The number of nitrogens with zero attached hydrogens (tertiary/aromatic N) is 2. The molecule has 0 radical (unpaired) electrons. The van der Waals surface area contributed by atoms with Crippen molar-refractivity contribution >= 4 is 40.5 Å². The van der Waals surface area contributed by atoms with Crippen LogP contribution in [0.4, 0.5) is 0 Å². The minimum Gasteiger partial charge on any atom is -0.450 e. The molecule has 0 spiro atoms. The van der Waals surface area contributed by atoms with Crippen LogP contribution >= 0.6 is 28.3 Å². The Morgan fingerprint density at radius 2 is 2.00 bits per heavy atom. The molecule has 2 N–H and O–H groups in total. The SMILES string of the molecule is Cl.NC1(c2noc(/C=C/c3ccc(Br)o3)n2)CCCC1. The molecule has 0 atom stereocenters. The maximum atomic E-state index is 6.27. The summed E-state index contributed by atoms with van der Waals surface area (Å²) < 4.78 is 11.2. The van der Waals surface area contributed by atoms with Crippen LogP contribution in [0.3, 0.4) is 0 Å². The van der Waals surface area contributed by atoms with Crippen molar-refractivity contribution in [3.8, 4) is 0 Å². The molecule has 0 bridgehead atoms. The molecule has 1 aliphatic rings. The van der Waals surface area contributed by atoms with E-state index in [4.69, 9.17) is 14.7 Å². The van der Waals surface area contributed by atoms with Crippen LogP contribution in [0.15, 0.2) is 25.7 Å². The third-order valence-corrected chi connectivity index (χ3v) is 3.79. The van der Waals surface area contributed by atoms with Crippen molar-refractivity contribution in [1.29, 1.82) is 0 Å². The summed E-state index contributed by atoms with van der Waals surface area (Å²) in [7, 11) is 0. The van der Waals surface area contributed by atoms with E-state index in [0.29, 0.717) is 16.4 Å². The number of halogens is 2. The Morgan fingerprint density at radius 3 is 2.65 bits per heavy atom. The Labute approximate surface area is 131 Å². The van der Waals surface area contributed by atoms with Gasteiger partial charge in [-0.1, -0.05) is 18.0 Å². The standard InChI is InChI=1S/C13H14BrN3O2.ClH/c14-10-5-3-9(18-10)4-6-11-16-12(17-19-11)13(15)7-1-2-8-13;/h3-6H,1-2,7-8,15H2;1H/b6-4+;. The Bertz CT molecular complexity index is 602. The molecule has 0 saturated heterocycles. The van der Waals surface area contributed by atoms with Crippen molar-refractivity contribution in [2.24, 2.45) is 5.73 Å². The van der Waals surface area contributed by atoms with Gasteiger partial charge in [-0.05, 0) is 47.0 Å². The molecule has 2 aromatic heterocycles. The van der Waals surface area contributed by atoms with Gasteiger partial charge in [-0.3, -0.25) is 0 Å². The van der Waals surface area contributed by atoms with Crippen LogP contribution in [-0.4, -0.2) is 10.1 Å². The molecule has 0 aromatic carbocycles. The lowest BCUT2D eigenvalue weighted by molar-refractivity contribution is 0.364. The molecular formula is C13H15BrClN3O2. The Morgan fingerprint density at radius 1 is 1.25 bits per heavy atom. The summed E-state index contributed by atoms with van der Waals surface area (Å²) in [5.74, 6) is 1.76. The number of hydrogen-bond acceptors (Lipinski definition) is 5. The highest BCUT2D eigenvalue weighted by Gasteiger charge is 2.35. The van der Waals surface area contributed by atoms with E-state index < -0.39 is 5.54 Å². The highest BCUT2D eigenvalue weighted by molar-refractivity contribution is 9.10. The number of furan rings is 1. The molecule has 5 nitrogen and oxygen atoms in total. The van der Waals surface area contributed by atoms with Gasteiger partial charge < -0.3 is 14.7 Å². The van der Waals surface area contributed by atoms with E-state index in [9.17, 15) is 0 Å². The molecule has 0 amide bonds. The molecule has 3 rings (SSSR count). The summed E-state index contributed by atoms with van der Waals surface area (Å²) in [5.41, 5.74) is 5.86. The van der Waals surface area contributed by atoms with Crippen LogP contribution in [0.25, 0.3) is 12.2 Å². The van der Waals surface area contributed by atoms with Gasteiger partial charge in [-0.15, -0.1) is 12.4 Å². The fourth-order valence-electron chi connectivity index (χ4n) is 2.31. The Kier molecular flexibility index (Phi) is 4.67. The molecule has 0 aliphatic heterocycles. The average Bonchev–Trinajstić information content (AvgIpc) is 3.08. The molecule has 20 heavy (non-hydrogen) atoms. The summed E-state index contributed by atoms with van der Waals surface area (Å²) >= 11 is 3.25. The number of rotatable bonds is 3. The number of hydrogen-bond donors (Lipinski definition) is 1. The van der Waals surface area contributed by atoms with Gasteiger partial charge in [0.1, 0.15) is 5.76 Å². The van der Waals surface area contributed by atoms with Crippen LogP contribution in [0, 0.1) is 0 Å². The van der Waals surface area contributed by atoms with E-state index in [2.05, 4.69) is 26.1 Å². The molecular weight excluding hydrogens is 346 g/mol. The first-order valence-corrected chi connectivity index (χ1v) is 7.01. The van der Waals surface area contributed by atoms with Crippen molar-refractivity contribution in [3.05, 3.63) is 34.3 Å². The fraction of sp³-hybridized carbons (Fsp3) is 0.385. The molecule has 1 saturated carbocycles. The zero-order valence-electron chi connectivity index (χ0n) is 10.7. The van der Waals surface area contributed by atoms with Crippen LogP contribution in [-0.2, 0) is 5.54 Å². The predicted octanol–water partition coefficient (Wildman–Crippen LogP) is 3.75. The van der Waals surface area contributed by atoms with Crippen molar-refractivity contribution in [2.75, 3.05) is 0 Å².